The van der Waals surface area contributed by atoms with Crippen LogP contribution in [0.2, 0.25) is 0 Å². The van der Waals surface area contributed by atoms with Gasteiger partial charge in [-0.3, -0.25) is 9.59 Å². The largest absolute Gasteiger partial charge is 0.484 e. The van der Waals surface area contributed by atoms with E-state index < -0.39 is 11.9 Å². The van der Waals surface area contributed by atoms with Crippen LogP contribution < -0.4 is 10.1 Å². The van der Waals surface area contributed by atoms with Gasteiger partial charge in [-0.2, -0.15) is 0 Å². The van der Waals surface area contributed by atoms with Crippen molar-refractivity contribution in [3.8, 4) is 5.75 Å². The first-order chi connectivity index (χ1) is 18.0. The molecule has 1 N–H and O–H groups in total. The minimum atomic E-state index is -0.804. The molecule has 194 valence electrons. The van der Waals surface area contributed by atoms with E-state index in [2.05, 4.69) is 12.2 Å². The van der Waals surface area contributed by atoms with Crippen molar-refractivity contribution >= 4 is 11.8 Å². The molecule has 37 heavy (non-hydrogen) atoms. The molecule has 0 saturated heterocycles. The fraction of sp³-hybridized carbons (Fsp3) is 0.355. The monoisotopic (exact) mass is 502 g/mol. The summed E-state index contributed by atoms with van der Waals surface area (Å²) in [5.41, 5.74) is 2.46. The van der Waals surface area contributed by atoms with E-state index in [0.717, 1.165) is 37.7 Å². The predicted molar refractivity (Wildman–Crippen MR) is 143 cm³/mol. The predicted octanol–water partition coefficient (Wildman–Crippen LogP) is 5.47. The van der Waals surface area contributed by atoms with Crippen molar-refractivity contribution in [2.75, 3.05) is 6.61 Å². The van der Waals surface area contributed by atoms with Gasteiger partial charge in [-0.05, 0) is 48.6 Å². The quantitative estimate of drug-likeness (QED) is 0.379. The number of amides is 2. The molecule has 3 aromatic rings. The van der Waals surface area contributed by atoms with Gasteiger partial charge in [0.25, 0.3) is 5.91 Å². The van der Waals surface area contributed by atoms with Crippen LogP contribution in [0.3, 0.4) is 0 Å². The third-order valence-corrected chi connectivity index (χ3v) is 6.97. The number of aryl methyl sites for hydroxylation is 1. The zero-order valence-corrected chi connectivity index (χ0v) is 21.4. The number of ether oxygens (including phenoxy) is 1. The Labute approximate surface area is 218 Å². The van der Waals surface area contributed by atoms with E-state index in [9.17, 15) is 14.0 Å². The molecule has 4 rings (SSSR count). The van der Waals surface area contributed by atoms with E-state index in [1.165, 1.54) is 16.5 Å². The molecule has 0 heterocycles. The molecule has 1 unspecified atom stereocenters. The Kier molecular flexibility index (Phi) is 9.30. The fourth-order valence-electron chi connectivity index (χ4n) is 4.78. The molecule has 0 aliphatic heterocycles. The molecule has 2 amide bonds. The maximum atomic E-state index is 14.7. The summed E-state index contributed by atoms with van der Waals surface area (Å²) in [5.74, 6) is -0.421. The van der Waals surface area contributed by atoms with Gasteiger partial charge in [-0.1, -0.05) is 80.4 Å². The number of nitrogens with zero attached hydrogens (tertiary/aromatic N) is 1. The van der Waals surface area contributed by atoms with Crippen LogP contribution in [0.5, 0.6) is 5.75 Å². The second kappa shape index (κ2) is 13.0. The highest BCUT2D eigenvalue weighted by Crippen LogP contribution is 2.21. The third kappa shape index (κ3) is 7.42. The SMILES string of the molecule is CCc1ccc(OCC(=O)N(Cc2ccccc2F)C(Cc2ccccc2)C(=O)NC2CCCC2)cc1. The topological polar surface area (TPSA) is 58.6 Å². The molecule has 3 aromatic carbocycles. The van der Waals surface area contributed by atoms with Crippen molar-refractivity contribution in [3.05, 3.63) is 101 Å². The minimum absolute atomic E-state index is 0.0285. The zero-order chi connectivity index (χ0) is 26.0. The smallest absolute Gasteiger partial charge is 0.261 e. The number of hydrogen-bond acceptors (Lipinski definition) is 3. The average molecular weight is 503 g/mol. The lowest BCUT2D eigenvalue weighted by atomic mass is 10.0. The summed E-state index contributed by atoms with van der Waals surface area (Å²) in [4.78, 5) is 28.7. The van der Waals surface area contributed by atoms with Crippen LogP contribution in [-0.4, -0.2) is 35.4 Å². The van der Waals surface area contributed by atoms with Crippen molar-refractivity contribution in [1.29, 1.82) is 0 Å². The molecule has 1 fully saturated rings. The Balaban J connectivity index is 1.60. The molecule has 6 heteroatoms. The van der Waals surface area contributed by atoms with Crippen LogP contribution in [-0.2, 0) is 29.0 Å². The molecule has 0 aromatic heterocycles. The highest BCUT2D eigenvalue weighted by atomic mass is 19.1. The van der Waals surface area contributed by atoms with Gasteiger partial charge in [-0.25, -0.2) is 4.39 Å². The van der Waals surface area contributed by atoms with Gasteiger partial charge in [-0.15, -0.1) is 0 Å². The third-order valence-electron chi connectivity index (χ3n) is 6.97. The number of carbonyl (C=O) groups excluding carboxylic acids is 2. The molecule has 1 aliphatic carbocycles. The van der Waals surface area contributed by atoms with E-state index in [4.69, 9.17) is 4.74 Å². The number of rotatable bonds is 11. The van der Waals surface area contributed by atoms with Gasteiger partial charge >= 0.3 is 0 Å². The first kappa shape index (κ1) is 26.4. The summed E-state index contributed by atoms with van der Waals surface area (Å²) >= 11 is 0. The summed E-state index contributed by atoms with van der Waals surface area (Å²) < 4.78 is 20.5. The van der Waals surface area contributed by atoms with Crippen molar-refractivity contribution in [1.82, 2.24) is 10.2 Å². The van der Waals surface area contributed by atoms with Crippen molar-refractivity contribution in [2.24, 2.45) is 0 Å². The molecule has 0 radical (unpaired) electrons. The van der Waals surface area contributed by atoms with Crippen LogP contribution in [0, 0.1) is 5.82 Å². The molecular weight excluding hydrogens is 467 g/mol. The molecular formula is C31H35FN2O3. The van der Waals surface area contributed by atoms with Gasteiger partial charge in [0.2, 0.25) is 5.91 Å². The minimum Gasteiger partial charge on any atom is -0.484 e. The number of nitrogens with one attached hydrogen (secondary N) is 1. The van der Waals surface area contributed by atoms with E-state index in [1.807, 2.05) is 54.6 Å². The average Bonchev–Trinajstić information content (AvgIpc) is 3.44. The van der Waals surface area contributed by atoms with Gasteiger partial charge < -0.3 is 15.0 Å². The standard InChI is InChI=1S/C31H35FN2O3/c1-2-23-16-18-27(19-17-23)37-22-30(35)34(21-25-12-6-9-15-28(25)32)29(20-24-10-4-3-5-11-24)31(36)33-26-13-7-8-14-26/h3-6,9-12,15-19,26,29H,2,7-8,13-14,20-22H2,1H3,(H,33,36). The summed E-state index contributed by atoms with van der Waals surface area (Å²) in [5, 5.41) is 3.15. The van der Waals surface area contributed by atoms with Crippen molar-refractivity contribution in [3.63, 3.8) is 0 Å². The second-order valence-corrected chi connectivity index (χ2v) is 9.59. The lowest BCUT2D eigenvalue weighted by Crippen LogP contribution is -2.53. The Morgan fingerprint density at radius 1 is 0.946 bits per heavy atom. The molecule has 1 aliphatic rings. The number of hydrogen-bond donors (Lipinski definition) is 1. The van der Waals surface area contributed by atoms with Crippen LogP contribution in [0.1, 0.15) is 49.3 Å². The maximum Gasteiger partial charge on any atom is 0.261 e. The molecule has 0 spiro atoms. The number of benzene rings is 3. The maximum absolute atomic E-state index is 14.7. The van der Waals surface area contributed by atoms with Crippen molar-refractivity contribution in [2.45, 2.75) is 64.1 Å². The fourth-order valence-corrected chi connectivity index (χ4v) is 4.78. The number of carbonyl (C=O) groups is 2. The molecule has 5 nitrogen and oxygen atoms in total. The summed E-state index contributed by atoms with van der Waals surface area (Å²) in [6.07, 6.45) is 5.26. The second-order valence-electron chi connectivity index (χ2n) is 9.59. The lowest BCUT2D eigenvalue weighted by Gasteiger charge is -2.32. The van der Waals surface area contributed by atoms with Crippen molar-refractivity contribution < 1.29 is 18.7 Å². The molecule has 1 saturated carbocycles. The van der Waals surface area contributed by atoms with E-state index in [-0.39, 0.29) is 31.0 Å². The van der Waals surface area contributed by atoms with Gasteiger partial charge in [0.05, 0.1) is 0 Å². The summed E-state index contributed by atoms with van der Waals surface area (Å²) in [7, 11) is 0. The van der Waals surface area contributed by atoms with Crippen LogP contribution in [0.15, 0.2) is 78.9 Å². The highest BCUT2D eigenvalue weighted by molar-refractivity contribution is 5.88. The first-order valence-electron chi connectivity index (χ1n) is 13.1. The summed E-state index contributed by atoms with van der Waals surface area (Å²) in [6, 6.07) is 22.9. The zero-order valence-electron chi connectivity index (χ0n) is 21.4. The van der Waals surface area contributed by atoms with Crippen LogP contribution in [0.25, 0.3) is 0 Å². The van der Waals surface area contributed by atoms with E-state index in [1.54, 1.807) is 18.2 Å². The number of halogens is 1. The Morgan fingerprint density at radius 2 is 1.62 bits per heavy atom. The van der Waals surface area contributed by atoms with E-state index >= 15 is 0 Å². The Bertz CT molecular complexity index is 1160. The van der Waals surface area contributed by atoms with Crippen LogP contribution in [0.4, 0.5) is 4.39 Å². The normalized spacial score (nSPS) is 14.2. The van der Waals surface area contributed by atoms with Gasteiger partial charge in [0.1, 0.15) is 17.6 Å². The lowest BCUT2D eigenvalue weighted by molar-refractivity contribution is -0.143. The Morgan fingerprint density at radius 3 is 2.30 bits per heavy atom. The Hall–Kier alpha value is -3.67. The first-order valence-corrected chi connectivity index (χ1v) is 13.1. The van der Waals surface area contributed by atoms with Gasteiger partial charge in [0, 0.05) is 24.6 Å². The summed E-state index contributed by atoms with van der Waals surface area (Å²) in [6.45, 7) is 1.80. The molecule has 0 bridgehead atoms. The van der Waals surface area contributed by atoms with E-state index in [0.29, 0.717) is 17.7 Å². The highest BCUT2D eigenvalue weighted by Gasteiger charge is 2.32. The van der Waals surface area contributed by atoms with Gasteiger partial charge in [0.15, 0.2) is 6.61 Å². The molecule has 1 atom stereocenters. The van der Waals surface area contributed by atoms with Crippen LogP contribution >= 0.6 is 0 Å².